The number of furan rings is 1. The third-order valence-electron chi connectivity index (χ3n) is 8.61. The van der Waals surface area contributed by atoms with Crippen LogP contribution in [-0.4, -0.2) is 24.1 Å². The van der Waals surface area contributed by atoms with Crippen LogP contribution < -0.4 is 0 Å². The first-order valence-corrected chi connectivity index (χ1v) is 14.7. The van der Waals surface area contributed by atoms with Crippen LogP contribution in [0.4, 0.5) is 0 Å². The maximum atomic E-state index is 8.84. The summed E-state index contributed by atoms with van der Waals surface area (Å²) in [4.78, 5) is 13.9. The van der Waals surface area contributed by atoms with Gasteiger partial charge in [0.2, 0.25) is 0 Å². The lowest BCUT2D eigenvalue weighted by molar-refractivity contribution is 0.669. The molecular weight excluding hydrogens is 566 g/mol. The van der Waals surface area contributed by atoms with Gasteiger partial charge in [0.05, 0.1) is 39.6 Å². The van der Waals surface area contributed by atoms with Crippen LogP contribution in [0.3, 0.4) is 0 Å². The summed E-state index contributed by atoms with van der Waals surface area (Å²) >= 11 is 0. The molecule has 216 valence electrons. The quantitative estimate of drug-likeness (QED) is 0.202. The van der Waals surface area contributed by atoms with Crippen molar-refractivity contribution in [2.24, 2.45) is 0 Å². The maximum absolute atomic E-state index is 8.84. The monoisotopic (exact) mass is 599 g/mol. The Morgan fingerprint density at radius 3 is 2.17 bits per heavy atom. The lowest BCUT2D eigenvalue weighted by Crippen LogP contribution is -2.07. The minimum absolute atomic E-state index is 0.00655. The van der Waals surface area contributed by atoms with E-state index in [0.717, 1.165) is 49.4 Å². The van der Waals surface area contributed by atoms with Gasteiger partial charge in [-0.3, -0.25) is 0 Å². The molecule has 0 radical (unpaired) electrons. The van der Waals surface area contributed by atoms with Crippen molar-refractivity contribution in [3.05, 3.63) is 145 Å². The molecule has 6 aromatic carbocycles. The molecule has 4 heterocycles. The molecule has 0 spiro atoms. The molecule has 10 aromatic rings. The molecule has 0 saturated carbocycles. The maximum Gasteiger partial charge on any atom is 0.165 e. The van der Waals surface area contributed by atoms with Crippen LogP contribution in [0.2, 0.25) is 0 Å². The van der Waals surface area contributed by atoms with E-state index in [9.17, 15) is 0 Å². The number of hydrogen-bond acceptors (Lipinski definition) is 4. The molecule has 46 heavy (non-hydrogen) atoms. The van der Waals surface area contributed by atoms with Crippen molar-refractivity contribution in [1.82, 2.24) is 24.1 Å². The van der Waals surface area contributed by atoms with Gasteiger partial charge in [0, 0.05) is 43.5 Å². The number of nitrogens with zero attached hydrogens (tertiary/aromatic N) is 5. The van der Waals surface area contributed by atoms with Gasteiger partial charge in [-0.2, -0.15) is 0 Å². The number of hydrogen-bond donors (Lipinski definition) is 0. The van der Waals surface area contributed by atoms with Gasteiger partial charge in [-0.1, -0.05) is 84.8 Å². The minimum atomic E-state index is -0.497. The van der Waals surface area contributed by atoms with Gasteiger partial charge in [-0.15, -0.1) is 0 Å². The second kappa shape index (κ2) is 9.61. The molecule has 6 heteroatoms. The van der Waals surface area contributed by atoms with Gasteiger partial charge in [-0.25, -0.2) is 15.0 Å². The number of para-hydroxylation sites is 5. The zero-order valence-corrected chi connectivity index (χ0v) is 24.0. The van der Waals surface area contributed by atoms with E-state index in [0.29, 0.717) is 11.4 Å². The molecule has 4 aromatic heterocycles. The Labute approximate surface area is 274 Å². The average molecular weight is 600 g/mol. The molecule has 6 nitrogen and oxygen atoms in total. The number of fused-ring (bicyclic) bond motifs is 10. The van der Waals surface area contributed by atoms with Crippen LogP contribution in [0.25, 0.3) is 82.6 Å². The fourth-order valence-electron chi connectivity index (χ4n) is 6.70. The van der Waals surface area contributed by atoms with E-state index >= 15 is 0 Å². The Morgan fingerprint density at radius 1 is 0.609 bits per heavy atom. The fraction of sp³-hybridized carbons (Fsp3) is 0.0250. The molecule has 0 saturated heterocycles. The molecule has 0 aliphatic rings. The normalized spacial score (nSPS) is 14.4. The Morgan fingerprint density at radius 2 is 1.33 bits per heavy atom. The van der Waals surface area contributed by atoms with E-state index in [1.54, 1.807) is 0 Å². The van der Waals surface area contributed by atoms with Gasteiger partial charge in [-0.05, 0) is 48.5 Å². The van der Waals surface area contributed by atoms with Crippen LogP contribution in [0.5, 0.6) is 0 Å². The fourth-order valence-corrected chi connectivity index (χ4v) is 6.70. The van der Waals surface area contributed by atoms with Crippen LogP contribution in [0.15, 0.2) is 144 Å². The van der Waals surface area contributed by atoms with E-state index in [-0.39, 0.29) is 46.3 Å². The Bertz CT molecular complexity index is 3180. The second-order valence-electron chi connectivity index (χ2n) is 11.1. The molecule has 0 fully saturated rings. The standard InChI is InChI=1S/C40H25N5O/c1-6-16-31-25(11-1)26-12-2-7-17-32(26)44(31)23-37-41-24-42-40(43-37)29-14-4-9-19-34(29)45-33-18-8-3-13-27(33)28-21-22-36-38(39(28)45)30-15-5-10-20-35(30)46-36/h1-22,24H,23H2/i1D,2D,6D,7D,11D,12D,16D,17D. The zero-order chi connectivity index (χ0) is 37.2. The van der Waals surface area contributed by atoms with E-state index in [1.165, 1.54) is 10.9 Å². The SMILES string of the molecule is [2H]c1c([2H])c([2H])c2c(c1[2H])c1c([2H])c([2H])c([2H])c([2H])c1n2Cc1ncnc(-c2ccccc2-n2c3ccccc3c3ccc4oc5ccccc5c4c32)n1. The lowest BCUT2D eigenvalue weighted by Gasteiger charge is -2.14. The molecule has 10 rings (SSSR count). The van der Waals surface area contributed by atoms with E-state index in [1.807, 2.05) is 60.7 Å². The van der Waals surface area contributed by atoms with Crippen LogP contribution in [-0.2, 0) is 6.54 Å². The summed E-state index contributed by atoms with van der Waals surface area (Å²) in [5.41, 5.74) is 5.05. The summed E-state index contributed by atoms with van der Waals surface area (Å²) in [5.74, 6) is 0.564. The molecule has 0 aliphatic carbocycles. The molecule has 0 unspecified atom stereocenters. The summed E-state index contributed by atoms with van der Waals surface area (Å²) in [6, 6.07) is 24.5. The third-order valence-corrected chi connectivity index (χ3v) is 8.61. The summed E-state index contributed by atoms with van der Waals surface area (Å²) in [6.07, 6.45) is 1.38. The van der Waals surface area contributed by atoms with E-state index in [4.69, 9.17) is 20.4 Å². The molecule has 0 atom stereocenters. The van der Waals surface area contributed by atoms with Gasteiger partial charge >= 0.3 is 0 Å². The molecule has 0 aliphatic heterocycles. The van der Waals surface area contributed by atoms with Crippen LogP contribution in [0.1, 0.15) is 16.8 Å². The predicted molar refractivity (Wildman–Crippen MR) is 185 cm³/mol. The van der Waals surface area contributed by atoms with Crippen molar-refractivity contribution in [1.29, 1.82) is 0 Å². The highest BCUT2D eigenvalue weighted by Gasteiger charge is 2.21. The summed E-state index contributed by atoms with van der Waals surface area (Å²) in [5, 5.41) is 4.09. The largest absolute Gasteiger partial charge is 0.456 e. The molecule has 0 N–H and O–H groups in total. The van der Waals surface area contributed by atoms with E-state index < -0.39 is 36.3 Å². The van der Waals surface area contributed by atoms with Gasteiger partial charge in [0.1, 0.15) is 17.5 Å². The van der Waals surface area contributed by atoms with Crippen LogP contribution >= 0.6 is 0 Å². The first-order chi connectivity index (χ1) is 26.2. The van der Waals surface area contributed by atoms with Crippen molar-refractivity contribution >= 4 is 65.6 Å². The summed E-state index contributed by atoms with van der Waals surface area (Å²) in [7, 11) is 0. The number of aromatic nitrogens is 5. The van der Waals surface area contributed by atoms with Crippen molar-refractivity contribution in [2.45, 2.75) is 6.54 Å². The molecule has 0 amide bonds. The summed E-state index contributed by atoms with van der Waals surface area (Å²) in [6.45, 7) is -0.168. The lowest BCUT2D eigenvalue weighted by atomic mass is 10.1. The van der Waals surface area contributed by atoms with Crippen molar-refractivity contribution in [3.8, 4) is 17.1 Å². The van der Waals surface area contributed by atoms with Gasteiger partial charge in [0.15, 0.2) is 11.6 Å². The van der Waals surface area contributed by atoms with Crippen LogP contribution in [0, 0.1) is 0 Å². The summed E-state index contributed by atoms with van der Waals surface area (Å²) < 4.78 is 78.6. The number of rotatable bonds is 4. The first kappa shape index (κ1) is 18.5. The molecular formula is C40H25N5O. The van der Waals surface area contributed by atoms with Crippen molar-refractivity contribution in [3.63, 3.8) is 0 Å². The Balaban J connectivity index is 1.21. The zero-order valence-electron chi connectivity index (χ0n) is 32.0. The second-order valence-corrected chi connectivity index (χ2v) is 11.1. The average Bonchev–Trinajstić information content (AvgIpc) is 3.85. The molecule has 0 bridgehead atoms. The Kier molecular flexibility index (Phi) is 3.87. The minimum Gasteiger partial charge on any atom is -0.456 e. The highest BCUT2D eigenvalue weighted by molar-refractivity contribution is 6.24. The predicted octanol–water partition coefficient (Wildman–Crippen LogP) is 9.69. The van der Waals surface area contributed by atoms with Gasteiger partial charge < -0.3 is 13.6 Å². The third kappa shape index (κ3) is 3.55. The smallest absolute Gasteiger partial charge is 0.165 e. The highest BCUT2D eigenvalue weighted by Crippen LogP contribution is 2.42. The van der Waals surface area contributed by atoms with Gasteiger partial charge in [0.25, 0.3) is 0 Å². The van der Waals surface area contributed by atoms with Crippen molar-refractivity contribution in [2.75, 3.05) is 0 Å². The first-order valence-electron chi connectivity index (χ1n) is 18.7. The highest BCUT2D eigenvalue weighted by atomic mass is 16.3. The number of benzene rings is 6. The Hall–Kier alpha value is -6.27. The van der Waals surface area contributed by atoms with Crippen molar-refractivity contribution < 1.29 is 15.4 Å². The topological polar surface area (TPSA) is 61.7 Å². The van der Waals surface area contributed by atoms with E-state index in [2.05, 4.69) is 38.8 Å².